The first-order chi connectivity index (χ1) is 13.4. The molecule has 3 heteroatoms. The SMILES string of the molecule is c1ccc(CCCOc2ccc(CCn3ncc4ccccc43)cc2)cc1. The fraction of sp³-hybridized carbons (Fsp3) is 0.208. The second kappa shape index (κ2) is 8.54. The second-order valence-corrected chi connectivity index (χ2v) is 6.76. The Bertz CT molecular complexity index is 974. The molecule has 27 heavy (non-hydrogen) atoms. The summed E-state index contributed by atoms with van der Waals surface area (Å²) >= 11 is 0. The molecule has 0 amide bonds. The van der Waals surface area contributed by atoms with Crippen molar-refractivity contribution in [3.05, 3.63) is 96.2 Å². The summed E-state index contributed by atoms with van der Waals surface area (Å²) in [6.07, 6.45) is 4.97. The summed E-state index contributed by atoms with van der Waals surface area (Å²) < 4.78 is 7.95. The Morgan fingerprint density at radius 2 is 1.48 bits per heavy atom. The first kappa shape index (κ1) is 17.3. The molecule has 0 radical (unpaired) electrons. The van der Waals surface area contributed by atoms with Gasteiger partial charge in [0.25, 0.3) is 0 Å². The minimum atomic E-state index is 0.744. The van der Waals surface area contributed by atoms with E-state index in [1.165, 1.54) is 22.0 Å². The molecule has 3 nitrogen and oxygen atoms in total. The van der Waals surface area contributed by atoms with Crippen LogP contribution in [0.1, 0.15) is 17.5 Å². The predicted octanol–water partition coefficient (Wildman–Crippen LogP) is 5.29. The zero-order valence-corrected chi connectivity index (χ0v) is 15.4. The number of aryl methyl sites for hydroxylation is 3. The monoisotopic (exact) mass is 356 g/mol. The van der Waals surface area contributed by atoms with E-state index in [1.54, 1.807) is 0 Å². The standard InChI is InChI=1S/C24H24N2O/c1-2-7-20(8-3-1)9-6-18-27-23-14-12-21(13-15-23)16-17-26-24-11-5-4-10-22(24)19-25-26/h1-5,7-8,10-15,19H,6,9,16-18H2. The molecule has 0 aliphatic carbocycles. The van der Waals surface area contributed by atoms with E-state index in [2.05, 4.69) is 82.6 Å². The lowest BCUT2D eigenvalue weighted by atomic mass is 10.1. The molecule has 1 aromatic heterocycles. The molecule has 0 N–H and O–H groups in total. The number of hydrogen-bond donors (Lipinski definition) is 0. The first-order valence-corrected chi connectivity index (χ1v) is 9.55. The minimum absolute atomic E-state index is 0.744. The van der Waals surface area contributed by atoms with E-state index in [9.17, 15) is 0 Å². The van der Waals surface area contributed by atoms with Gasteiger partial charge in [0.05, 0.1) is 18.3 Å². The Morgan fingerprint density at radius 1 is 0.741 bits per heavy atom. The lowest BCUT2D eigenvalue weighted by molar-refractivity contribution is 0.311. The molecule has 0 saturated heterocycles. The van der Waals surface area contributed by atoms with Crippen molar-refractivity contribution in [1.29, 1.82) is 0 Å². The Kier molecular flexibility index (Phi) is 5.49. The van der Waals surface area contributed by atoms with E-state index < -0.39 is 0 Å². The summed E-state index contributed by atoms with van der Waals surface area (Å²) in [5.74, 6) is 0.941. The van der Waals surface area contributed by atoms with Crippen molar-refractivity contribution in [2.75, 3.05) is 6.61 Å². The normalized spacial score (nSPS) is 11.0. The maximum absolute atomic E-state index is 5.87. The van der Waals surface area contributed by atoms with E-state index in [-0.39, 0.29) is 0 Å². The van der Waals surface area contributed by atoms with Crippen LogP contribution in [0.25, 0.3) is 10.9 Å². The van der Waals surface area contributed by atoms with Gasteiger partial charge in [-0.1, -0.05) is 60.7 Å². The molecule has 3 aromatic carbocycles. The average Bonchev–Trinajstić information content (AvgIpc) is 3.14. The summed E-state index contributed by atoms with van der Waals surface area (Å²) in [4.78, 5) is 0. The van der Waals surface area contributed by atoms with Crippen LogP contribution in [0.5, 0.6) is 5.75 Å². The highest BCUT2D eigenvalue weighted by atomic mass is 16.5. The van der Waals surface area contributed by atoms with Gasteiger partial charge in [-0.15, -0.1) is 0 Å². The quantitative estimate of drug-likeness (QED) is 0.401. The molecule has 0 atom stereocenters. The summed E-state index contributed by atoms with van der Waals surface area (Å²) in [6, 6.07) is 27.3. The van der Waals surface area contributed by atoms with Crippen molar-refractivity contribution in [1.82, 2.24) is 9.78 Å². The molecule has 0 aliphatic rings. The summed E-state index contributed by atoms with van der Waals surface area (Å²) in [7, 11) is 0. The predicted molar refractivity (Wildman–Crippen MR) is 110 cm³/mol. The van der Waals surface area contributed by atoms with Crippen LogP contribution in [0.15, 0.2) is 85.1 Å². The van der Waals surface area contributed by atoms with Crippen LogP contribution in [-0.4, -0.2) is 16.4 Å². The molecule has 0 aliphatic heterocycles. The Labute approximate surface area is 160 Å². The van der Waals surface area contributed by atoms with Crippen molar-refractivity contribution in [3.8, 4) is 5.75 Å². The van der Waals surface area contributed by atoms with Gasteiger partial charge in [0.1, 0.15) is 5.75 Å². The lowest BCUT2D eigenvalue weighted by Gasteiger charge is -2.08. The lowest BCUT2D eigenvalue weighted by Crippen LogP contribution is -2.03. The van der Waals surface area contributed by atoms with Crippen LogP contribution in [0.2, 0.25) is 0 Å². The highest BCUT2D eigenvalue weighted by Crippen LogP contribution is 2.16. The van der Waals surface area contributed by atoms with Gasteiger partial charge in [0, 0.05) is 11.9 Å². The molecular formula is C24H24N2O. The molecular weight excluding hydrogens is 332 g/mol. The van der Waals surface area contributed by atoms with E-state index in [0.717, 1.165) is 38.2 Å². The number of hydrogen-bond acceptors (Lipinski definition) is 2. The molecule has 0 unspecified atom stereocenters. The Hall–Kier alpha value is -3.07. The smallest absolute Gasteiger partial charge is 0.119 e. The number of rotatable bonds is 8. The van der Waals surface area contributed by atoms with Crippen molar-refractivity contribution in [2.24, 2.45) is 0 Å². The number of para-hydroxylation sites is 1. The van der Waals surface area contributed by atoms with Gasteiger partial charge in [-0.3, -0.25) is 4.68 Å². The third-order valence-electron chi connectivity index (χ3n) is 4.81. The van der Waals surface area contributed by atoms with Crippen LogP contribution in [0, 0.1) is 0 Å². The van der Waals surface area contributed by atoms with Crippen LogP contribution >= 0.6 is 0 Å². The maximum atomic E-state index is 5.87. The van der Waals surface area contributed by atoms with E-state index in [4.69, 9.17) is 4.74 Å². The number of nitrogens with zero attached hydrogens (tertiary/aromatic N) is 2. The maximum Gasteiger partial charge on any atom is 0.119 e. The summed E-state index contributed by atoms with van der Waals surface area (Å²) in [5.41, 5.74) is 3.85. The van der Waals surface area contributed by atoms with E-state index in [0.29, 0.717) is 0 Å². The summed E-state index contributed by atoms with van der Waals surface area (Å²) in [5, 5.41) is 5.69. The molecule has 1 heterocycles. The average molecular weight is 356 g/mol. The van der Waals surface area contributed by atoms with Gasteiger partial charge in [-0.05, 0) is 48.6 Å². The van der Waals surface area contributed by atoms with Crippen molar-refractivity contribution >= 4 is 10.9 Å². The topological polar surface area (TPSA) is 27.1 Å². The number of ether oxygens (including phenoxy) is 1. The molecule has 4 aromatic rings. The molecule has 4 rings (SSSR count). The second-order valence-electron chi connectivity index (χ2n) is 6.76. The molecule has 136 valence electrons. The summed E-state index contributed by atoms with van der Waals surface area (Å²) in [6.45, 7) is 1.62. The largest absolute Gasteiger partial charge is 0.494 e. The van der Waals surface area contributed by atoms with Gasteiger partial charge < -0.3 is 4.74 Å². The first-order valence-electron chi connectivity index (χ1n) is 9.55. The third-order valence-corrected chi connectivity index (χ3v) is 4.81. The third kappa shape index (κ3) is 4.56. The van der Waals surface area contributed by atoms with Gasteiger partial charge in [0.2, 0.25) is 0 Å². The van der Waals surface area contributed by atoms with Crippen LogP contribution < -0.4 is 4.74 Å². The van der Waals surface area contributed by atoms with Crippen molar-refractivity contribution < 1.29 is 4.74 Å². The van der Waals surface area contributed by atoms with E-state index >= 15 is 0 Å². The minimum Gasteiger partial charge on any atom is -0.494 e. The number of aromatic nitrogens is 2. The zero-order chi connectivity index (χ0) is 18.3. The van der Waals surface area contributed by atoms with Gasteiger partial charge in [-0.2, -0.15) is 5.10 Å². The van der Waals surface area contributed by atoms with Gasteiger partial charge in [0.15, 0.2) is 0 Å². The van der Waals surface area contributed by atoms with Crippen LogP contribution in [0.3, 0.4) is 0 Å². The number of benzene rings is 3. The van der Waals surface area contributed by atoms with Crippen LogP contribution in [-0.2, 0) is 19.4 Å². The highest BCUT2D eigenvalue weighted by Gasteiger charge is 2.02. The molecule has 0 spiro atoms. The Morgan fingerprint density at radius 3 is 2.33 bits per heavy atom. The van der Waals surface area contributed by atoms with Crippen LogP contribution in [0.4, 0.5) is 0 Å². The molecule has 0 bridgehead atoms. The highest BCUT2D eigenvalue weighted by molar-refractivity contribution is 5.78. The van der Waals surface area contributed by atoms with Gasteiger partial charge in [-0.25, -0.2) is 0 Å². The number of fused-ring (bicyclic) bond motifs is 1. The van der Waals surface area contributed by atoms with E-state index in [1.807, 2.05) is 12.3 Å². The van der Waals surface area contributed by atoms with Crippen molar-refractivity contribution in [3.63, 3.8) is 0 Å². The molecule has 0 fully saturated rings. The fourth-order valence-corrected chi connectivity index (χ4v) is 3.30. The van der Waals surface area contributed by atoms with Gasteiger partial charge >= 0.3 is 0 Å². The van der Waals surface area contributed by atoms with Crippen molar-refractivity contribution in [2.45, 2.75) is 25.8 Å². The fourth-order valence-electron chi connectivity index (χ4n) is 3.30. The Balaban J connectivity index is 1.25. The molecule has 0 saturated carbocycles. The zero-order valence-electron chi connectivity index (χ0n) is 15.4.